The number of Topliss-reactive ketones (excluding diaryl/α,β-unsaturated/α-hetero) is 1. The fourth-order valence-corrected chi connectivity index (χ4v) is 2.77. The monoisotopic (exact) mass is 303 g/mol. The molecule has 0 bridgehead atoms. The number of nitrogens with one attached hydrogen (secondary N) is 1. The Morgan fingerprint density at radius 2 is 2.08 bits per heavy atom. The van der Waals surface area contributed by atoms with Crippen LogP contribution in [0.1, 0.15) is 16.8 Å². The number of ketones is 1. The number of carbonyl (C=O) groups excluding carboxylic acids is 1. The first-order valence-electron chi connectivity index (χ1n) is 3.94. The molecule has 2 nitrogen and oxygen atoms in total. The molecule has 1 aromatic carbocycles. The van der Waals surface area contributed by atoms with Crippen molar-refractivity contribution in [1.29, 1.82) is 0 Å². The second-order valence-corrected chi connectivity index (χ2v) is 4.68. The second kappa shape index (κ2) is 3.42. The van der Waals surface area contributed by atoms with Gasteiger partial charge in [-0.3, -0.25) is 4.79 Å². The van der Waals surface area contributed by atoms with Gasteiger partial charge in [-0.15, -0.1) is 0 Å². The summed E-state index contributed by atoms with van der Waals surface area (Å²) >= 11 is 6.77. The van der Waals surface area contributed by atoms with Crippen LogP contribution in [0.25, 0.3) is 0 Å². The smallest absolute Gasteiger partial charge is 0.166 e. The van der Waals surface area contributed by atoms with E-state index in [1.54, 1.807) is 0 Å². The zero-order valence-electron chi connectivity index (χ0n) is 6.73. The molecule has 1 aliphatic heterocycles. The minimum Gasteiger partial charge on any atom is -0.383 e. The first kappa shape index (κ1) is 9.21. The summed E-state index contributed by atoms with van der Waals surface area (Å²) in [6.45, 7) is 0.728. The van der Waals surface area contributed by atoms with Gasteiger partial charge in [0.25, 0.3) is 0 Å². The van der Waals surface area contributed by atoms with Crippen molar-refractivity contribution in [3.05, 3.63) is 26.6 Å². The largest absolute Gasteiger partial charge is 0.383 e. The van der Waals surface area contributed by atoms with Gasteiger partial charge in [-0.05, 0) is 28.1 Å². The van der Waals surface area contributed by atoms with Crippen molar-refractivity contribution < 1.29 is 4.79 Å². The van der Waals surface area contributed by atoms with E-state index in [9.17, 15) is 4.79 Å². The summed E-state index contributed by atoms with van der Waals surface area (Å²) in [5.74, 6) is 0.204. The molecule has 68 valence electrons. The number of anilines is 1. The Balaban J connectivity index is 2.63. The van der Waals surface area contributed by atoms with Crippen molar-refractivity contribution in [2.24, 2.45) is 0 Å². The van der Waals surface area contributed by atoms with Gasteiger partial charge in [-0.2, -0.15) is 0 Å². The average Bonchev–Trinajstić information content (AvgIpc) is 2.07. The van der Waals surface area contributed by atoms with Gasteiger partial charge in [0.1, 0.15) is 0 Å². The summed E-state index contributed by atoms with van der Waals surface area (Å²) in [4.78, 5) is 11.5. The van der Waals surface area contributed by atoms with Gasteiger partial charge in [0.2, 0.25) is 0 Å². The lowest BCUT2D eigenvalue weighted by molar-refractivity contribution is 0.0983. The Labute approximate surface area is 93.0 Å². The quantitative estimate of drug-likeness (QED) is 0.797. The SMILES string of the molecule is O=C1CCNc2c(Br)cc(Br)cc21. The molecule has 0 fully saturated rings. The van der Waals surface area contributed by atoms with E-state index < -0.39 is 0 Å². The predicted octanol–water partition coefficient (Wildman–Crippen LogP) is 3.21. The molecule has 1 N–H and O–H groups in total. The summed E-state index contributed by atoms with van der Waals surface area (Å²) in [7, 11) is 0. The zero-order chi connectivity index (χ0) is 9.42. The second-order valence-electron chi connectivity index (χ2n) is 2.91. The van der Waals surface area contributed by atoms with Gasteiger partial charge >= 0.3 is 0 Å². The minimum absolute atomic E-state index is 0.204. The molecular formula is C9H7Br2NO. The maximum atomic E-state index is 11.5. The van der Waals surface area contributed by atoms with Crippen LogP contribution >= 0.6 is 31.9 Å². The van der Waals surface area contributed by atoms with Crippen LogP contribution < -0.4 is 5.32 Å². The Morgan fingerprint density at radius 3 is 2.85 bits per heavy atom. The number of rotatable bonds is 0. The molecule has 0 radical (unpaired) electrons. The molecule has 0 aliphatic carbocycles. The summed E-state index contributed by atoms with van der Waals surface area (Å²) in [6.07, 6.45) is 0.579. The topological polar surface area (TPSA) is 29.1 Å². The maximum Gasteiger partial charge on any atom is 0.166 e. The molecule has 4 heteroatoms. The van der Waals surface area contributed by atoms with Crippen LogP contribution in [0, 0.1) is 0 Å². The molecule has 1 aliphatic rings. The molecule has 0 spiro atoms. The summed E-state index contributed by atoms with van der Waals surface area (Å²) in [5.41, 5.74) is 1.69. The highest BCUT2D eigenvalue weighted by Crippen LogP contribution is 2.33. The number of benzene rings is 1. The summed E-state index contributed by atoms with van der Waals surface area (Å²) < 4.78 is 1.86. The molecule has 0 amide bonds. The third-order valence-corrected chi connectivity index (χ3v) is 3.09. The third-order valence-electron chi connectivity index (χ3n) is 2.01. The van der Waals surface area contributed by atoms with Crippen LogP contribution in [0.2, 0.25) is 0 Å². The normalized spacial score (nSPS) is 15.1. The fourth-order valence-electron chi connectivity index (χ4n) is 1.41. The van der Waals surface area contributed by atoms with Gasteiger partial charge in [0, 0.05) is 27.5 Å². The molecule has 0 aromatic heterocycles. The number of carbonyl (C=O) groups is 1. The van der Waals surface area contributed by atoms with Gasteiger partial charge in [-0.1, -0.05) is 15.9 Å². The standard InChI is InChI=1S/C9H7Br2NO/c10-5-3-6-8(13)1-2-12-9(6)7(11)4-5/h3-4,12H,1-2H2. The van der Waals surface area contributed by atoms with Crippen molar-refractivity contribution in [3.8, 4) is 0 Å². The van der Waals surface area contributed by atoms with Crippen molar-refractivity contribution in [2.75, 3.05) is 11.9 Å². The lowest BCUT2D eigenvalue weighted by Gasteiger charge is -2.18. The van der Waals surface area contributed by atoms with E-state index in [4.69, 9.17) is 0 Å². The molecule has 0 saturated heterocycles. The summed E-state index contributed by atoms with van der Waals surface area (Å²) in [5, 5.41) is 3.20. The highest BCUT2D eigenvalue weighted by Gasteiger charge is 2.19. The highest BCUT2D eigenvalue weighted by molar-refractivity contribution is 9.11. The van der Waals surface area contributed by atoms with Crippen molar-refractivity contribution in [2.45, 2.75) is 6.42 Å². The summed E-state index contributed by atoms with van der Waals surface area (Å²) in [6, 6.07) is 3.79. The number of halogens is 2. The Bertz CT molecular complexity index is 376. The molecule has 13 heavy (non-hydrogen) atoms. The number of hydrogen-bond donors (Lipinski definition) is 1. The molecule has 1 heterocycles. The Kier molecular flexibility index (Phi) is 2.43. The van der Waals surface area contributed by atoms with E-state index in [1.807, 2.05) is 12.1 Å². The lowest BCUT2D eigenvalue weighted by atomic mass is 10.0. The predicted molar refractivity (Wildman–Crippen MR) is 59.3 cm³/mol. The van der Waals surface area contributed by atoms with Crippen LogP contribution in [-0.4, -0.2) is 12.3 Å². The van der Waals surface area contributed by atoms with Crippen LogP contribution in [0.5, 0.6) is 0 Å². The Hall–Kier alpha value is -0.350. The van der Waals surface area contributed by atoms with Gasteiger partial charge in [0.05, 0.1) is 5.69 Å². The fraction of sp³-hybridized carbons (Fsp3) is 0.222. The van der Waals surface area contributed by atoms with E-state index in [0.717, 1.165) is 26.7 Å². The van der Waals surface area contributed by atoms with Crippen LogP contribution in [0.3, 0.4) is 0 Å². The van der Waals surface area contributed by atoms with Crippen LogP contribution in [-0.2, 0) is 0 Å². The van der Waals surface area contributed by atoms with Crippen LogP contribution in [0.4, 0.5) is 5.69 Å². The van der Waals surface area contributed by atoms with Gasteiger partial charge in [0.15, 0.2) is 5.78 Å². The maximum absolute atomic E-state index is 11.5. The molecule has 2 rings (SSSR count). The molecule has 0 saturated carbocycles. The van der Waals surface area contributed by atoms with E-state index >= 15 is 0 Å². The van der Waals surface area contributed by atoms with Gasteiger partial charge in [-0.25, -0.2) is 0 Å². The van der Waals surface area contributed by atoms with E-state index in [1.165, 1.54) is 0 Å². The number of hydrogen-bond acceptors (Lipinski definition) is 2. The molecule has 0 atom stereocenters. The highest BCUT2D eigenvalue weighted by atomic mass is 79.9. The molecule has 0 unspecified atom stereocenters. The zero-order valence-corrected chi connectivity index (χ0v) is 9.91. The third kappa shape index (κ3) is 1.65. The van der Waals surface area contributed by atoms with E-state index in [2.05, 4.69) is 37.2 Å². The number of fused-ring (bicyclic) bond motifs is 1. The van der Waals surface area contributed by atoms with E-state index in [0.29, 0.717) is 6.42 Å². The van der Waals surface area contributed by atoms with Crippen LogP contribution in [0.15, 0.2) is 21.1 Å². The van der Waals surface area contributed by atoms with Crippen molar-refractivity contribution >= 4 is 43.3 Å². The molecule has 1 aromatic rings. The first-order valence-corrected chi connectivity index (χ1v) is 5.53. The minimum atomic E-state index is 0.204. The first-order chi connectivity index (χ1) is 6.18. The van der Waals surface area contributed by atoms with Crippen molar-refractivity contribution in [3.63, 3.8) is 0 Å². The lowest BCUT2D eigenvalue weighted by Crippen LogP contribution is -2.18. The van der Waals surface area contributed by atoms with Crippen molar-refractivity contribution in [1.82, 2.24) is 0 Å². The Morgan fingerprint density at radius 1 is 1.31 bits per heavy atom. The average molecular weight is 305 g/mol. The van der Waals surface area contributed by atoms with E-state index in [-0.39, 0.29) is 5.78 Å². The molecular weight excluding hydrogens is 298 g/mol. The van der Waals surface area contributed by atoms with Gasteiger partial charge < -0.3 is 5.32 Å².